The number of para-hydroxylation sites is 1. The van der Waals surface area contributed by atoms with Crippen LogP contribution < -0.4 is 0 Å². The Bertz CT molecular complexity index is 773. The molecule has 5 heteroatoms. The monoisotopic (exact) mass is 271 g/mol. The van der Waals surface area contributed by atoms with Crippen LogP contribution in [0.4, 0.5) is 0 Å². The van der Waals surface area contributed by atoms with Gasteiger partial charge in [0.05, 0.1) is 10.5 Å². The molecule has 0 N–H and O–H groups in total. The van der Waals surface area contributed by atoms with Gasteiger partial charge >= 0.3 is 0 Å². The summed E-state index contributed by atoms with van der Waals surface area (Å²) in [6, 6.07) is 9.76. The van der Waals surface area contributed by atoms with Crippen LogP contribution in [-0.4, -0.2) is 9.97 Å². The predicted octanol–water partition coefficient (Wildman–Crippen LogP) is 3.88. The van der Waals surface area contributed by atoms with Gasteiger partial charge in [0.1, 0.15) is 11.1 Å². The molecule has 0 unspecified atom stereocenters. The van der Waals surface area contributed by atoms with E-state index in [1.807, 2.05) is 30.3 Å². The van der Waals surface area contributed by atoms with E-state index >= 15 is 0 Å². The second-order valence-corrected chi connectivity index (χ2v) is 4.91. The Labute approximate surface area is 112 Å². The molecule has 0 radical (unpaired) electrons. The van der Waals surface area contributed by atoms with Gasteiger partial charge in [-0.3, -0.25) is 4.98 Å². The van der Waals surface area contributed by atoms with Crippen molar-refractivity contribution in [2.45, 2.75) is 0 Å². The minimum atomic E-state index is 0.409. The van der Waals surface area contributed by atoms with Crippen LogP contribution in [0.15, 0.2) is 35.8 Å². The molecule has 0 aliphatic rings. The fraction of sp³-hybridized carbons (Fsp3) is 0. The zero-order valence-electron chi connectivity index (χ0n) is 9.09. The van der Waals surface area contributed by atoms with Gasteiger partial charge in [-0.2, -0.15) is 5.26 Å². The van der Waals surface area contributed by atoms with Crippen molar-refractivity contribution in [2.75, 3.05) is 0 Å². The van der Waals surface area contributed by atoms with E-state index in [0.717, 1.165) is 21.5 Å². The average molecular weight is 272 g/mol. The molecule has 0 bridgehead atoms. The lowest BCUT2D eigenvalue weighted by Gasteiger charge is -2.05. The molecular formula is C13H6ClN3S. The number of pyridine rings is 1. The van der Waals surface area contributed by atoms with Gasteiger partial charge in [-0.05, 0) is 6.07 Å². The van der Waals surface area contributed by atoms with Crippen LogP contribution in [0.3, 0.4) is 0 Å². The number of hydrogen-bond acceptors (Lipinski definition) is 4. The number of nitrogens with zero attached hydrogens (tertiary/aromatic N) is 3. The van der Waals surface area contributed by atoms with E-state index in [-0.39, 0.29) is 0 Å². The molecule has 1 aromatic carbocycles. The SMILES string of the molecule is N#Cc1csc(-c2c(Cl)cnc3ccccc23)n1. The largest absolute Gasteiger partial charge is 0.255 e. The van der Waals surface area contributed by atoms with E-state index in [9.17, 15) is 0 Å². The fourth-order valence-electron chi connectivity index (χ4n) is 1.77. The molecule has 2 heterocycles. The van der Waals surface area contributed by atoms with E-state index in [2.05, 4.69) is 9.97 Å². The van der Waals surface area contributed by atoms with Crippen molar-refractivity contribution in [3.8, 4) is 16.6 Å². The van der Waals surface area contributed by atoms with Gasteiger partial charge < -0.3 is 0 Å². The van der Waals surface area contributed by atoms with Crippen molar-refractivity contribution in [2.24, 2.45) is 0 Å². The number of thiazole rings is 1. The van der Waals surface area contributed by atoms with Crippen molar-refractivity contribution in [1.29, 1.82) is 5.26 Å². The molecule has 18 heavy (non-hydrogen) atoms. The Balaban J connectivity index is 2.34. The summed E-state index contributed by atoms with van der Waals surface area (Å²) in [5.74, 6) is 0. The Kier molecular flexibility index (Phi) is 2.71. The predicted molar refractivity (Wildman–Crippen MR) is 72.6 cm³/mol. The van der Waals surface area contributed by atoms with Crippen LogP contribution in [0.1, 0.15) is 5.69 Å². The summed E-state index contributed by atoms with van der Waals surface area (Å²) in [7, 11) is 0. The summed E-state index contributed by atoms with van der Waals surface area (Å²) in [6.45, 7) is 0. The van der Waals surface area contributed by atoms with E-state index < -0.39 is 0 Å². The number of benzene rings is 1. The number of hydrogen-bond donors (Lipinski definition) is 0. The quantitative estimate of drug-likeness (QED) is 0.675. The van der Waals surface area contributed by atoms with Crippen LogP contribution in [0.2, 0.25) is 5.02 Å². The lowest BCUT2D eigenvalue weighted by atomic mass is 10.1. The van der Waals surface area contributed by atoms with Gasteiger partial charge in [0.25, 0.3) is 0 Å². The standard InChI is InChI=1S/C13H6ClN3S/c14-10-6-16-11-4-2-1-3-9(11)12(10)13-17-8(5-15)7-18-13/h1-4,6-7H. The normalized spacial score (nSPS) is 10.4. The Hall–Kier alpha value is -1.96. The lowest BCUT2D eigenvalue weighted by Crippen LogP contribution is -1.86. The summed E-state index contributed by atoms with van der Waals surface area (Å²) < 4.78 is 0. The topological polar surface area (TPSA) is 49.6 Å². The summed E-state index contributed by atoms with van der Waals surface area (Å²) in [5, 5.41) is 12.8. The Morgan fingerprint density at radius 1 is 1.28 bits per heavy atom. The summed E-state index contributed by atoms with van der Waals surface area (Å²) in [6.07, 6.45) is 1.62. The summed E-state index contributed by atoms with van der Waals surface area (Å²) in [4.78, 5) is 8.53. The molecule has 0 saturated carbocycles. The Morgan fingerprint density at radius 2 is 2.11 bits per heavy atom. The van der Waals surface area contributed by atoms with E-state index in [4.69, 9.17) is 16.9 Å². The third-order valence-corrected chi connectivity index (χ3v) is 3.71. The maximum absolute atomic E-state index is 8.83. The zero-order chi connectivity index (χ0) is 12.5. The minimum Gasteiger partial charge on any atom is -0.255 e. The van der Waals surface area contributed by atoms with Crippen LogP contribution in [0.5, 0.6) is 0 Å². The molecule has 0 amide bonds. The van der Waals surface area contributed by atoms with Crippen LogP contribution in [0.25, 0.3) is 21.5 Å². The van der Waals surface area contributed by atoms with Gasteiger partial charge in [-0.15, -0.1) is 11.3 Å². The van der Waals surface area contributed by atoms with Crippen LogP contribution in [0, 0.1) is 11.3 Å². The van der Waals surface area contributed by atoms with Crippen LogP contribution >= 0.6 is 22.9 Å². The maximum Gasteiger partial charge on any atom is 0.152 e. The number of fused-ring (bicyclic) bond motifs is 1. The second kappa shape index (κ2) is 4.37. The van der Waals surface area contributed by atoms with Crippen molar-refractivity contribution in [3.63, 3.8) is 0 Å². The highest BCUT2D eigenvalue weighted by atomic mass is 35.5. The molecule has 3 aromatic rings. The van der Waals surface area contributed by atoms with Crippen molar-refractivity contribution < 1.29 is 0 Å². The van der Waals surface area contributed by atoms with Crippen molar-refractivity contribution >= 4 is 33.8 Å². The average Bonchev–Trinajstić information content (AvgIpc) is 2.87. The first-order valence-corrected chi connectivity index (χ1v) is 6.44. The first kappa shape index (κ1) is 11.1. The highest BCUT2D eigenvalue weighted by Gasteiger charge is 2.13. The number of aromatic nitrogens is 2. The molecule has 2 aromatic heterocycles. The van der Waals surface area contributed by atoms with E-state index in [1.54, 1.807) is 11.6 Å². The van der Waals surface area contributed by atoms with Gasteiger partial charge in [-0.25, -0.2) is 4.98 Å². The first-order valence-electron chi connectivity index (χ1n) is 5.19. The van der Waals surface area contributed by atoms with Gasteiger partial charge in [0.15, 0.2) is 5.69 Å². The third-order valence-electron chi connectivity index (χ3n) is 2.56. The number of rotatable bonds is 1. The highest BCUT2D eigenvalue weighted by Crippen LogP contribution is 2.35. The highest BCUT2D eigenvalue weighted by molar-refractivity contribution is 7.13. The van der Waals surface area contributed by atoms with Crippen molar-refractivity contribution in [3.05, 3.63) is 46.6 Å². The minimum absolute atomic E-state index is 0.409. The fourth-order valence-corrected chi connectivity index (χ4v) is 2.89. The molecule has 0 saturated heterocycles. The van der Waals surface area contributed by atoms with Gasteiger partial charge in [0.2, 0.25) is 0 Å². The molecule has 3 rings (SSSR count). The molecule has 3 nitrogen and oxygen atoms in total. The molecule has 0 fully saturated rings. The summed E-state index contributed by atoms with van der Waals surface area (Å²) >= 11 is 7.62. The molecule has 0 aliphatic carbocycles. The number of nitriles is 1. The van der Waals surface area contributed by atoms with Crippen molar-refractivity contribution in [1.82, 2.24) is 9.97 Å². The van der Waals surface area contributed by atoms with Gasteiger partial charge in [0, 0.05) is 22.5 Å². The van der Waals surface area contributed by atoms with Gasteiger partial charge in [-0.1, -0.05) is 29.8 Å². The second-order valence-electron chi connectivity index (χ2n) is 3.65. The molecule has 86 valence electrons. The molecule has 0 spiro atoms. The molecule has 0 atom stereocenters. The zero-order valence-corrected chi connectivity index (χ0v) is 10.7. The summed E-state index contributed by atoms with van der Waals surface area (Å²) in [5.41, 5.74) is 2.12. The van der Waals surface area contributed by atoms with E-state index in [1.165, 1.54) is 11.3 Å². The third kappa shape index (κ3) is 1.74. The molecular weight excluding hydrogens is 266 g/mol. The Morgan fingerprint density at radius 3 is 2.89 bits per heavy atom. The maximum atomic E-state index is 8.83. The smallest absolute Gasteiger partial charge is 0.152 e. The molecule has 0 aliphatic heterocycles. The lowest BCUT2D eigenvalue weighted by molar-refractivity contribution is 1.33. The number of halogens is 1. The van der Waals surface area contributed by atoms with E-state index in [0.29, 0.717) is 10.7 Å². The van der Waals surface area contributed by atoms with Crippen LogP contribution in [-0.2, 0) is 0 Å². The first-order chi connectivity index (χ1) is 8.79.